The third kappa shape index (κ3) is 2.51. The van der Waals surface area contributed by atoms with Gasteiger partial charge in [-0.3, -0.25) is 4.79 Å². The number of fused-ring (bicyclic) bond motifs is 1. The molecule has 2 rings (SSSR count). The van der Waals surface area contributed by atoms with Gasteiger partial charge in [0.2, 0.25) is 5.91 Å². The van der Waals surface area contributed by atoms with E-state index in [-0.39, 0.29) is 17.7 Å². The molecule has 0 bridgehead atoms. The number of carbonyl (C=O) groups is 1. The van der Waals surface area contributed by atoms with E-state index in [1.54, 1.807) is 6.07 Å². The van der Waals surface area contributed by atoms with Crippen molar-refractivity contribution in [1.29, 1.82) is 0 Å². The van der Waals surface area contributed by atoms with E-state index in [4.69, 9.17) is 11.5 Å². The van der Waals surface area contributed by atoms with E-state index < -0.39 is 12.1 Å². The second-order valence-electron chi connectivity index (χ2n) is 4.33. The SMILES string of the molecule is CC1Sc2ccc(C(N)C(O)CN)cc2NC1=O. The van der Waals surface area contributed by atoms with E-state index >= 15 is 0 Å². The molecule has 98 valence electrons. The van der Waals surface area contributed by atoms with Gasteiger partial charge in [-0.2, -0.15) is 0 Å². The van der Waals surface area contributed by atoms with Crippen LogP contribution in [0, 0.1) is 0 Å². The summed E-state index contributed by atoms with van der Waals surface area (Å²) >= 11 is 1.51. The van der Waals surface area contributed by atoms with E-state index in [1.165, 1.54) is 11.8 Å². The molecule has 0 aromatic heterocycles. The summed E-state index contributed by atoms with van der Waals surface area (Å²) in [6.07, 6.45) is -0.783. The minimum Gasteiger partial charge on any atom is -0.390 e. The van der Waals surface area contributed by atoms with Gasteiger partial charge < -0.3 is 21.9 Å². The van der Waals surface area contributed by atoms with Crippen LogP contribution >= 0.6 is 11.8 Å². The molecule has 6 heteroatoms. The van der Waals surface area contributed by atoms with Crippen molar-refractivity contribution in [2.45, 2.75) is 29.2 Å². The number of nitrogens with two attached hydrogens (primary N) is 2. The third-order valence-electron chi connectivity index (χ3n) is 2.98. The number of benzene rings is 1. The molecule has 1 aromatic rings. The molecule has 1 amide bonds. The summed E-state index contributed by atoms with van der Waals surface area (Å²) in [4.78, 5) is 12.6. The van der Waals surface area contributed by atoms with E-state index in [0.717, 1.165) is 16.1 Å². The highest BCUT2D eigenvalue weighted by Crippen LogP contribution is 2.36. The Morgan fingerprint density at radius 2 is 2.28 bits per heavy atom. The first kappa shape index (κ1) is 13.4. The molecule has 5 nitrogen and oxygen atoms in total. The molecular formula is C12H17N3O2S. The van der Waals surface area contributed by atoms with Crippen LogP contribution in [-0.2, 0) is 4.79 Å². The summed E-state index contributed by atoms with van der Waals surface area (Å²) in [5, 5.41) is 12.4. The number of nitrogens with one attached hydrogen (secondary N) is 1. The van der Waals surface area contributed by atoms with Gasteiger partial charge in [-0.1, -0.05) is 6.07 Å². The van der Waals surface area contributed by atoms with Gasteiger partial charge in [0.05, 0.1) is 23.1 Å². The fourth-order valence-electron chi connectivity index (χ4n) is 1.80. The standard InChI is InChI=1S/C12H17N3O2S/c1-6-12(17)15-8-4-7(2-3-10(8)18-6)11(14)9(16)5-13/h2-4,6,9,11,16H,5,13-14H2,1H3,(H,15,17). The molecule has 18 heavy (non-hydrogen) atoms. The van der Waals surface area contributed by atoms with Crippen molar-refractivity contribution in [2.24, 2.45) is 11.5 Å². The fraction of sp³-hybridized carbons (Fsp3) is 0.417. The molecule has 6 N–H and O–H groups in total. The average Bonchev–Trinajstić information content (AvgIpc) is 2.37. The predicted molar refractivity (Wildman–Crippen MR) is 72.4 cm³/mol. The summed E-state index contributed by atoms with van der Waals surface area (Å²) < 4.78 is 0. The molecule has 1 aliphatic rings. The van der Waals surface area contributed by atoms with Crippen molar-refractivity contribution in [3.05, 3.63) is 23.8 Å². The van der Waals surface area contributed by atoms with Crippen LogP contribution in [0.25, 0.3) is 0 Å². The highest BCUT2D eigenvalue weighted by molar-refractivity contribution is 8.00. The Morgan fingerprint density at radius 1 is 1.56 bits per heavy atom. The van der Waals surface area contributed by atoms with Crippen molar-refractivity contribution in [1.82, 2.24) is 0 Å². The Bertz CT molecular complexity index is 467. The lowest BCUT2D eigenvalue weighted by atomic mass is 10.0. The van der Waals surface area contributed by atoms with E-state index in [2.05, 4.69) is 5.32 Å². The van der Waals surface area contributed by atoms with Crippen molar-refractivity contribution in [2.75, 3.05) is 11.9 Å². The number of aliphatic hydroxyl groups excluding tert-OH is 1. The number of hydrogen-bond donors (Lipinski definition) is 4. The number of carbonyl (C=O) groups excluding carboxylic acids is 1. The first-order valence-electron chi connectivity index (χ1n) is 5.78. The van der Waals surface area contributed by atoms with Crippen molar-refractivity contribution in [3.63, 3.8) is 0 Å². The van der Waals surface area contributed by atoms with Crippen LogP contribution in [0.4, 0.5) is 5.69 Å². The maximum absolute atomic E-state index is 11.6. The largest absolute Gasteiger partial charge is 0.390 e. The van der Waals surface area contributed by atoms with Gasteiger partial charge in [0.15, 0.2) is 0 Å². The highest BCUT2D eigenvalue weighted by Gasteiger charge is 2.24. The van der Waals surface area contributed by atoms with Crippen molar-refractivity contribution >= 4 is 23.4 Å². The molecule has 0 saturated heterocycles. The Kier molecular flexibility index (Phi) is 3.91. The Labute approximate surface area is 110 Å². The summed E-state index contributed by atoms with van der Waals surface area (Å²) in [6, 6.07) is 5.03. The van der Waals surface area contributed by atoms with E-state index in [1.807, 2.05) is 19.1 Å². The zero-order chi connectivity index (χ0) is 13.3. The van der Waals surface area contributed by atoms with Gasteiger partial charge in [0, 0.05) is 11.4 Å². The van der Waals surface area contributed by atoms with Crippen LogP contribution in [-0.4, -0.2) is 28.9 Å². The number of hydrogen-bond acceptors (Lipinski definition) is 5. The quantitative estimate of drug-likeness (QED) is 0.636. The van der Waals surface area contributed by atoms with Crippen molar-refractivity contribution in [3.8, 4) is 0 Å². The highest BCUT2D eigenvalue weighted by atomic mass is 32.2. The molecule has 3 atom stereocenters. The monoisotopic (exact) mass is 267 g/mol. The fourth-order valence-corrected chi connectivity index (χ4v) is 2.73. The van der Waals surface area contributed by atoms with Gasteiger partial charge >= 0.3 is 0 Å². The number of aliphatic hydroxyl groups is 1. The molecule has 0 saturated carbocycles. The van der Waals surface area contributed by atoms with Crippen LogP contribution < -0.4 is 16.8 Å². The average molecular weight is 267 g/mol. The van der Waals surface area contributed by atoms with Crippen LogP contribution in [0.5, 0.6) is 0 Å². The number of anilines is 1. The summed E-state index contributed by atoms with van der Waals surface area (Å²) in [6.45, 7) is 1.97. The number of thioether (sulfide) groups is 1. The second-order valence-corrected chi connectivity index (χ2v) is 5.72. The lowest BCUT2D eigenvalue weighted by Gasteiger charge is -2.24. The number of rotatable bonds is 3. The van der Waals surface area contributed by atoms with Gasteiger partial charge in [-0.15, -0.1) is 11.8 Å². The first-order valence-corrected chi connectivity index (χ1v) is 6.66. The lowest BCUT2D eigenvalue weighted by molar-refractivity contribution is -0.115. The van der Waals surface area contributed by atoms with Crippen LogP contribution in [0.15, 0.2) is 23.1 Å². The zero-order valence-corrected chi connectivity index (χ0v) is 10.9. The predicted octanol–water partition coefficient (Wildman–Crippen LogP) is 0.439. The van der Waals surface area contributed by atoms with Crippen molar-refractivity contribution < 1.29 is 9.90 Å². The van der Waals surface area contributed by atoms with Crippen LogP contribution in [0.1, 0.15) is 18.5 Å². The van der Waals surface area contributed by atoms with Gasteiger partial charge in [-0.05, 0) is 24.6 Å². The zero-order valence-electron chi connectivity index (χ0n) is 10.1. The molecular weight excluding hydrogens is 250 g/mol. The maximum Gasteiger partial charge on any atom is 0.237 e. The molecule has 0 aliphatic carbocycles. The Hall–Kier alpha value is -1.08. The Morgan fingerprint density at radius 3 is 2.94 bits per heavy atom. The van der Waals surface area contributed by atoms with E-state index in [9.17, 15) is 9.90 Å². The smallest absolute Gasteiger partial charge is 0.237 e. The molecule has 0 radical (unpaired) electrons. The maximum atomic E-state index is 11.6. The van der Waals surface area contributed by atoms with Crippen LogP contribution in [0.3, 0.4) is 0 Å². The van der Waals surface area contributed by atoms with Gasteiger partial charge in [0.25, 0.3) is 0 Å². The topological polar surface area (TPSA) is 101 Å². The molecule has 0 fully saturated rings. The normalized spacial score (nSPS) is 22.0. The molecule has 0 spiro atoms. The molecule has 1 heterocycles. The summed E-state index contributed by atoms with van der Waals surface area (Å²) in [5.74, 6) is -0.0161. The summed E-state index contributed by atoms with van der Waals surface area (Å²) in [7, 11) is 0. The molecule has 1 aliphatic heterocycles. The minimum absolute atomic E-state index is 0.0161. The Balaban J connectivity index is 2.27. The second kappa shape index (κ2) is 5.27. The lowest BCUT2D eigenvalue weighted by Crippen LogP contribution is -2.33. The van der Waals surface area contributed by atoms with Crippen LogP contribution in [0.2, 0.25) is 0 Å². The molecule has 3 unspecified atom stereocenters. The summed E-state index contributed by atoms with van der Waals surface area (Å²) in [5.41, 5.74) is 12.8. The minimum atomic E-state index is -0.783. The third-order valence-corrected chi connectivity index (χ3v) is 4.15. The van der Waals surface area contributed by atoms with Gasteiger partial charge in [-0.25, -0.2) is 0 Å². The number of amides is 1. The first-order chi connectivity index (χ1) is 8.52. The molecule has 1 aromatic carbocycles. The van der Waals surface area contributed by atoms with E-state index in [0.29, 0.717) is 0 Å². The van der Waals surface area contributed by atoms with Gasteiger partial charge in [0.1, 0.15) is 0 Å².